The molecule has 1 heterocycles. The van der Waals surface area contributed by atoms with Crippen molar-refractivity contribution in [1.29, 1.82) is 5.26 Å². The first-order valence-electron chi connectivity index (χ1n) is 6.07. The zero-order valence-electron chi connectivity index (χ0n) is 11.3. The second-order valence-electron chi connectivity index (χ2n) is 4.20. The maximum atomic E-state index is 12.3. The van der Waals surface area contributed by atoms with Crippen LogP contribution >= 0.6 is 0 Å². The maximum Gasteiger partial charge on any atom is 0.276 e. The predicted molar refractivity (Wildman–Crippen MR) is 77.7 cm³/mol. The Morgan fingerprint density at radius 2 is 1.95 bits per heavy atom. The smallest absolute Gasteiger partial charge is 0.276 e. The van der Waals surface area contributed by atoms with Crippen LogP contribution in [0.2, 0.25) is 0 Å². The van der Waals surface area contributed by atoms with Gasteiger partial charge < -0.3 is 10.2 Å². The van der Waals surface area contributed by atoms with Crippen LogP contribution in [0, 0.1) is 11.3 Å². The molecular weight excluding hydrogens is 252 g/mol. The van der Waals surface area contributed by atoms with Gasteiger partial charge in [0.05, 0.1) is 23.5 Å². The molecule has 5 heteroatoms. The molecule has 1 aromatic carbocycles. The molecule has 0 bridgehead atoms. The second-order valence-corrected chi connectivity index (χ2v) is 4.20. The van der Waals surface area contributed by atoms with Crippen LogP contribution in [0.4, 0.5) is 11.4 Å². The highest BCUT2D eigenvalue weighted by molar-refractivity contribution is 6.04. The minimum atomic E-state index is -0.197. The number of anilines is 2. The first kappa shape index (κ1) is 13.6. The van der Waals surface area contributed by atoms with E-state index in [-0.39, 0.29) is 5.91 Å². The number of hydrogen-bond acceptors (Lipinski definition) is 4. The van der Waals surface area contributed by atoms with Crippen molar-refractivity contribution in [2.75, 3.05) is 24.3 Å². The van der Waals surface area contributed by atoms with Crippen LogP contribution < -0.4 is 10.2 Å². The van der Waals surface area contributed by atoms with E-state index in [0.29, 0.717) is 16.9 Å². The third kappa shape index (κ3) is 2.75. The molecule has 100 valence electrons. The molecular formula is C15H14N4O. The van der Waals surface area contributed by atoms with Gasteiger partial charge in [-0.3, -0.25) is 4.79 Å². The van der Waals surface area contributed by atoms with E-state index in [4.69, 9.17) is 5.26 Å². The fourth-order valence-electron chi connectivity index (χ4n) is 1.72. The summed E-state index contributed by atoms with van der Waals surface area (Å²) in [5, 5.41) is 11.7. The molecule has 0 fully saturated rings. The van der Waals surface area contributed by atoms with E-state index in [9.17, 15) is 4.79 Å². The highest BCUT2D eigenvalue weighted by Gasteiger charge is 2.14. The van der Waals surface area contributed by atoms with Crippen molar-refractivity contribution < 1.29 is 4.79 Å². The van der Waals surface area contributed by atoms with E-state index < -0.39 is 0 Å². The summed E-state index contributed by atoms with van der Waals surface area (Å²) in [5.74, 6) is -0.197. The highest BCUT2D eigenvalue weighted by atomic mass is 16.2. The van der Waals surface area contributed by atoms with Gasteiger partial charge in [0.1, 0.15) is 5.69 Å². The van der Waals surface area contributed by atoms with Crippen LogP contribution in [0.15, 0.2) is 42.6 Å². The van der Waals surface area contributed by atoms with Crippen LogP contribution in [0.1, 0.15) is 16.1 Å². The van der Waals surface area contributed by atoms with Gasteiger partial charge in [-0.1, -0.05) is 0 Å². The average molecular weight is 266 g/mol. The van der Waals surface area contributed by atoms with Crippen molar-refractivity contribution in [2.45, 2.75) is 0 Å². The third-order valence-electron chi connectivity index (χ3n) is 2.96. The number of aromatic nitrogens is 1. The molecule has 2 aromatic rings. The summed E-state index contributed by atoms with van der Waals surface area (Å²) < 4.78 is 0. The molecule has 0 spiro atoms. The standard InChI is InChI=1S/C15H14N4O/c1-17-12-5-8-14(18-10-12)15(20)19(2)13-6-3-11(9-16)4-7-13/h3-8,10,17H,1-2H3. The Balaban J connectivity index is 2.20. The summed E-state index contributed by atoms with van der Waals surface area (Å²) in [4.78, 5) is 17.9. The quantitative estimate of drug-likeness (QED) is 0.925. The van der Waals surface area contributed by atoms with Gasteiger partial charge in [-0.2, -0.15) is 5.26 Å². The molecule has 0 aliphatic heterocycles. The van der Waals surface area contributed by atoms with Crippen molar-refractivity contribution in [2.24, 2.45) is 0 Å². The fraction of sp³-hybridized carbons (Fsp3) is 0.133. The van der Waals surface area contributed by atoms with E-state index in [0.717, 1.165) is 5.69 Å². The zero-order valence-corrected chi connectivity index (χ0v) is 11.3. The number of pyridine rings is 1. The van der Waals surface area contributed by atoms with Gasteiger partial charge in [0, 0.05) is 19.8 Å². The largest absolute Gasteiger partial charge is 0.387 e. The Morgan fingerprint density at radius 3 is 2.45 bits per heavy atom. The van der Waals surface area contributed by atoms with E-state index in [1.54, 1.807) is 56.7 Å². The molecule has 1 aromatic heterocycles. The molecule has 20 heavy (non-hydrogen) atoms. The van der Waals surface area contributed by atoms with Crippen molar-refractivity contribution in [3.05, 3.63) is 53.9 Å². The number of hydrogen-bond donors (Lipinski definition) is 1. The van der Waals surface area contributed by atoms with E-state index in [1.807, 2.05) is 6.07 Å². The number of carbonyl (C=O) groups is 1. The first-order valence-corrected chi connectivity index (χ1v) is 6.07. The number of nitriles is 1. The lowest BCUT2D eigenvalue weighted by atomic mass is 10.2. The van der Waals surface area contributed by atoms with Gasteiger partial charge in [-0.05, 0) is 36.4 Å². The number of carbonyl (C=O) groups excluding carboxylic acids is 1. The SMILES string of the molecule is CNc1ccc(C(=O)N(C)c2ccc(C#N)cc2)nc1. The van der Waals surface area contributed by atoms with Gasteiger partial charge in [0.15, 0.2) is 0 Å². The average Bonchev–Trinajstić information content (AvgIpc) is 2.53. The summed E-state index contributed by atoms with van der Waals surface area (Å²) in [5.41, 5.74) is 2.50. The van der Waals surface area contributed by atoms with Crippen LogP contribution in [-0.4, -0.2) is 25.0 Å². The topological polar surface area (TPSA) is 69.0 Å². The summed E-state index contributed by atoms with van der Waals surface area (Å²) in [6.45, 7) is 0. The van der Waals surface area contributed by atoms with Crippen molar-refractivity contribution in [3.8, 4) is 6.07 Å². The molecule has 1 amide bonds. The predicted octanol–water partition coefficient (Wildman–Crippen LogP) is 2.27. The second kappa shape index (κ2) is 5.85. The van der Waals surface area contributed by atoms with Crippen molar-refractivity contribution in [1.82, 2.24) is 4.98 Å². The van der Waals surface area contributed by atoms with E-state index >= 15 is 0 Å². The molecule has 5 nitrogen and oxygen atoms in total. The molecule has 0 unspecified atom stereocenters. The van der Waals surface area contributed by atoms with Crippen LogP contribution in [0.5, 0.6) is 0 Å². The minimum Gasteiger partial charge on any atom is -0.387 e. The van der Waals surface area contributed by atoms with Gasteiger partial charge in [0.25, 0.3) is 5.91 Å². The Kier molecular flexibility index (Phi) is 3.96. The first-order chi connectivity index (χ1) is 9.65. The lowest BCUT2D eigenvalue weighted by Crippen LogP contribution is -2.27. The molecule has 0 saturated carbocycles. The van der Waals surface area contributed by atoms with Gasteiger partial charge >= 0.3 is 0 Å². The lowest BCUT2D eigenvalue weighted by molar-refractivity contribution is 0.0988. The molecule has 2 rings (SSSR count). The Morgan fingerprint density at radius 1 is 1.25 bits per heavy atom. The number of benzene rings is 1. The summed E-state index contributed by atoms with van der Waals surface area (Å²) in [6, 6.07) is 12.3. The van der Waals surface area contributed by atoms with E-state index in [1.165, 1.54) is 4.90 Å². The molecule has 0 aliphatic carbocycles. The normalized spacial score (nSPS) is 9.65. The van der Waals surface area contributed by atoms with Gasteiger partial charge in [0.2, 0.25) is 0 Å². The number of amides is 1. The highest BCUT2D eigenvalue weighted by Crippen LogP contribution is 2.16. The molecule has 0 atom stereocenters. The summed E-state index contributed by atoms with van der Waals surface area (Å²) in [7, 11) is 3.47. The van der Waals surface area contributed by atoms with Crippen LogP contribution in [0.3, 0.4) is 0 Å². The van der Waals surface area contributed by atoms with Crippen molar-refractivity contribution >= 4 is 17.3 Å². The molecule has 0 aliphatic rings. The number of nitrogens with zero attached hydrogens (tertiary/aromatic N) is 3. The van der Waals surface area contributed by atoms with Gasteiger partial charge in [-0.15, -0.1) is 0 Å². The Hall–Kier alpha value is -2.87. The Bertz CT molecular complexity index is 641. The molecule has 0 saturated heterocycles. The van der Waals surface area contributed by atoms with Crippen LogP contribution in [-0.2, 0) is 0 Å². The lowest BCUT2D eigenvalue weighted by Gasteiger charge is -2.17. The number of rotatable bonds is 3. The third-order valence-corrected chi connectivity index (χ3v) is 2.96. The number of nitrogens with one attached hydrogen (secondary N) is 1. The fourth-order valence-corrected chi connectivity index (χ4v) is 1.72. The summed E-state index contributed by atoms with van der Waals surface area (Å²) >= 11 is 0. The van der Waals surface area contributed by atoms with Gasteiger partial charge in [-0.25, -0.2) is 4.98 Å². The van der Waals surface area contributed by atoms with E-state index in [2.05, 4.69) is 10.3 Å². The molecule has 1 N–H and O–H groups in total. The maximum absolute atomic E-state index is 12.3. The minimum absolute atomic E-state index is 0.197. The monoisotopic (exact) mass is 266 g/mol. The Labute approximate surface area is 117 Å². The van der Waals surface area contributed by atoms with Crippen molar-refractivity contribution in [3.63, 3.8) is 0 Å². The molecule has 0 radical (unpaired) electrons. The summed E-state index contributed by atoms with van der Waals surface area (Å²) in [6.07, 6.45) is 1.61. The zero-order chi connectivity index (χ0) is 14.5. The van der Waals surface area contributed by atoms with Crippen LogP contribution in [0.25, 0.3) is 0 Å².